The standard InChI is InChI=1S/C30H43N3O5/c1-20(2)13-14-22(4)33(26(35)19-32-29(37)38-30(5,6)7)27(24-15-16-25(34)21(3)17-24)28(36)31-18-23-11-9-8-10-12-23/h8-12,15-17,20,22,27,34H,13-14,18-19H2,1-7H3,(H,31,36)(H,32,37). The third-order valence-electron chi connectivity index (χ3n) is 6.08. The average molecular weight is 526 g/mol. The summed E-state index contributed by atoms with van der Waals surface area (Å²) in [6, 6.07) is 13.2. The van der Waals surface area contributed by atoms with Gasteiger partial charge in [-0.1, -0.05) is 50.2 Å². The van der Waals surface area contributed by atoms with Gasteiger partial charge in [0, 0.05) is 12.6 Å². The molecule has 0 saturated carbocycles. The number of rotatable bonds is 11. The molecule has 38 heavy (non-hydrogen) atoms. The molecule has 2 unspecified atom stereocenters. The maximum absolute atomic E-state index is 13.7. The van der Waals surface area contributed by atoms with Crippen molar-refractivity contribution in [3.8, 4) is 5.75 Å². The van der Waals surface area contributed by atoms with Crippen LogP contribution in [-0.2, 0) is 20.9 Å². The molecular formula is C30H43N3O5. The smallest absolute Gasteiger partial charge is 0.408 e. The van der Waals surface area contributed by atoms with E-state index in [1.807, 2.05) is 37.3 Å². The van der Waals surface area contributed by atoms with E-state index in [2.05, 4.69) is 24.5 Å². The molecule has 2 aromatic rings. The zero-order chi connectivity index (χ0) is 28.5. The summed E-state index contributed by atoms with van der Waals surface area (Å²) in [6.45, 7) is 13.1. The predicted molar refractivity (Wildman–Crippen MR) is 148 cm³/mol. The second kappa shape index (κ2) is 13.8. The fraction of sp³-hybridized carbons (Fsp3) is 0.500. The molecule has 8 heteroatoms. The number of amides is 3. The van der Waals surface area contributed by atoms with Gasteiger partial charge in [0.2, 0.25) is 11.8 Å². The van der Waals surface area contributed by atoms with Crippen LogP contribution >= 0.6 is 0 Å². The van der Waals surface area contributed by atoms with Crippen LogP contribution in [0.25, 0.3) is 0 Å². The summed E-state index contributed by atoms with van der Waals surface area (Å²) >= 11 is 0. The van der Waals surface area contributed by atoms with Crippen molar-refractivity contribution in [2.45, 2.75) is 85.5 Å². The summed E-state index contributed by atoms with van der Waals surface area (Å²) < 4.78 is 5.29. The Hall–Kier alpha value is -3.55. The topological polar surface area (TPSA) is 108 Å². The normalized spacial score (nSPS) is 12.9. The number of carbonyl (C=O) groups is 3. The minimum atomic E-state index is -0.965. The van der Waals surface area contributed by atoms with Crippen LogP contribution in [0, 0.1) is 12.8 Å². The second-order valence-corrected chi connectivity index (χ2v) is 11.1. The Bertz CT molecular complexity index is 1080. The second-order valence-electron chi connectivity index (χ2n) is 11.1. The maximum Gasteiger partial charge on any atom is 0.408 e. The molecule has 0 heterocycles. The lowest BCUT2D eigenvalue weighted by Crippen LogP contribution is -2.51. The average Bonchev–Trinajstić information content (AvgIpc) is 2.84. The van der Waals surface area contributed by atoms with Crippen molar-refractivity contribution in [3.63, 3.8) is 0 Å². The van der Waals surface area contributed by atoms with Gasteiger partial charge in [-0.15, -0.1) is 0 Å². The first-order chi connectivity index (χ1) is 17.8. The Morgan fingerprint density at radius 1 is 0.974 bits per heavy atom. The number of aryl methyl sites for hydroxylation is 1. The van der Waals surface area contributed by atoms with Crippen molar-refractivity contribution in [2.24, 2.45) is 5.92 Å². The third kappa shape index (κ3) is 9.72. The first kappa shape index (κ1) is 30.7. The van der Waals surface area contributed by atoms with Gasteiger partial charge in [0.1, 0.15) is 23.9 Å². The molecule has 8 nitrogen and oxygen atoms in total. The van der Waals surface area contributed by atoms with Crippen molar-refractivity contribution in [3.05, 3.63) is 65.2 Å². The van der Waals surface area contributed by atoms with Crippen LogP contribution in [0.4, 0.5) is 4.79 Å². The Morgan fingerprint density at radius 2 is 1.63 bits per heavy atom. The van der Waals surface area contributed by atoms with Crippen LogP contribution in [0.1, 0.15) is 77.1 Å². The van der Waals surface area contributed by atoms with Gasteiger partial charge >= 0.3 is 6.09 Å². The van der Waals surface area contributed by atoms with Crippen molar-refractivity contribution >= 4 is 17.9 Å². The summed E-state index contributed by atoms with van der Waals surface area (Å²) in [7, 11) is 0. The summed E-state index contributed by atoms with van der Waals surface area (Å²) in [5.74, 6) is -0.233. The summed E-state index contributed by atoms with van der Waals surface area (Å²) in [6.07, 6.45) is 0.832. The summed E-state index contributed by atoms with van der Waals surface area (Å²) in [4.78, 5) is 41.2. The van der Waals surface area contributed by atoms with E-state index in [0.29, 0.717) is 30.0 Å². The van der Waals surface area contributed by atoms with E-state index in [-0.39, 0.29) is 24.2 Å². The predicted octanol–water partition coefficient (Wildman–Crippen LogP) is 5.24. The number of alkyl carbamates (subject to hydrolysis) is 1. The quantitative estimate of drug-likeness (QED) is 0.372. The van der Waals surface area contributed by atoms with Crippen molar-refractivity contribution in [2.75, 3.05) is 6.54 Å². The number of hydrogen-bond acceptors (Lipinski definition) is 5. The number of phenolic OH excluding ortho intramolecular Hbond substituents is 1. The SMILES string of the molecule is Cc1cc(C(C(=O)NCc2ccccc2)N(C(=O)CNC(=O)OC(C)(C)C)C(C)CCC(C)C)ccc1O. The van der Waals surface area contributed by atoms with Crippen LogP contribution < -0.4 is 10.6 Å². The first-order valence-electron chi connectivity index (χ1n) is 13.2. The number of ether oxygens (including phenoxy) is 1. The van der Waals surface area contributed by atoms with Crippen molar-refractivity contribution in [1.82, 2.24) is 15.5 Å². The highest BCUT2D eigenvalue weighted by Crippen LogP contribution is 2.29. The lowest BCUT2D eigenvalue weighted by Gasteiger charge is -2.37. The molecule has 0 aliphatic heterocycles. The largest absolute Gasteiger partial charge is 0.508 e. The van der Waals surface area contributed by atoms with Crippen LogP contribution in [0.5, 0.6) is 5.75 Å². The van der Waals surface area contributed by atoms with E-state index in [0.717, 1.165) is 12.0 Å². The molecule has 0 spiro atoms. The summed E-state index contributed by atoms with van der Waals surface area (Å²) in [5, 5.41) is 15.6. The van der Waals surface area contributed by atoms with E-state index < -0.39 is 23.6 Å². The number of benzene rings is 2. The number of nitrogens with zero attached hydrogens (tertiary/aromatic N) is 1. The lowest BCUT2D eigenvalue weighted by atomic mass is 9.97. The molecule has 0 aliphatic carbocycles. The van der Waals surface area contributed by atoms with Gasteiger partial charge < -0.3 is 25.4 Å². The molecule has 2 atom stereocenters. The number of hydrogen-bond donors (Lipinski definition) is 3. The van der Waals surface area contributed by atoms with Crippen LogP contribution in [0.2, 0.25) is 0 Å². The first-order valence-corrected chi connectivity index (χ1v) is 13.2. The maximum atomic E-state index is 13.7. The van der Waals surface area contributed by atoms with Crippen molar-refractivity contribution in [1.29, 1.82) is 0 Å². The molecule has 0 aromatic heterocycles. The van der Waals surface area contributed by atoms with Gasteiger partial charge in [-0.25, -0.2) is 4.79 Å². The van der Waals surface area contributed by atoms with Gasteiger partial charge in [-0.2, -0.15) is 0 Å². The van der Waals surface area contributed by atoms with Crippen molar-refractivity contribution < 1.29 is 24.2 Å². The van der Waals surface area contributed by atoms with Gasteiger partial charge in [0.15, 0.2) is 0 Å². The Labute approximate surface area is 226 Å². The van der Waals surface area contributed by atoms with E-state index in [4.69, 9.17) is 4.74 Å². The number of carbonyl (C=O) groups excluding carboxylic acids is 3. The minimum absolute atomic E-state index is 0.106. The van der Waals surface area contributed by atoms with Gasteiger partial charge in [0.05, 0.1) is 0 Å². The Kier molecular flexibility index (Phi) is 11.2. The van der Waals surface area contributed by atoms with E-state index in [9.17, 15) is 19.5 Å². The third-order valence-corrected chi connectivity index (χ3v) is 6.08. The molecule has 0 fully saturated rings. The molecule has 2 rings (SSSR count). The molecular weight excluding hydrogens is 482 g/mol. The number of nitrogens with one attached hydrogen (secondary N) is 2. The zero-order valence-electron chi connectivity index (χ0n) is 23.7. The van der Waals surface area contributed by atoms with Gasteiger partial charge in [-0.05, 0) is 82.2 Å². The highest BCUT2D eigenvalue weighted by atomic mass is 16.6. The molecule has 0 radical (unpaired) electrons. The van der Waals surface area contributed by atoms with Crippen LogP contribution in [0.3, 0.4) is 0 Å². The Morgan fingerprint density at radius 3 is 2.21 bits per heavy atom. The summed E-state index contributed by atoms with van der Waals surface area (Å²) in [5.41, 5.74) is 1.39. The van der Waals surface area contributed by atoms with Crippen LogP contribution in [0.15, 0.2) is 48.5 Å². The number of aromatic hydroxyl groups is 1. The van der Waals surface area contributed by atoms with E-state index in [1.54, 1.807) is 44.7 Å². The van der Waals surface area contributed by atoms with Gasteiger partial charge in [0.25, 0.3) is 0 Å². The van der Waals surface area contributed by atoms with E-state index in [1.165, 1.54) is 6.07 Å². The highest BCUT2D eigenvalue weighted by molar-refractivity contribution is 5.90. The monoisotopic (exact) mass is 525 g/mol. The van der Waals surface area contributed by atoms with E-state index >= 15 is 0 Å². The Balaban J connectivity index is 2.42. The molecule has 3 N–H and O–H groups in total. The van der Waals surface area contributed by atoms with Crippen LogP contribution in [-0.4, -0.2) is 46.1 Å². The zero-order valence-corrected chi connectivity index (χ0v) is 23.7. The molecule has 208 valence electrons. The molecule has 3 amide bonds. The number of phenols is 1. The van der Waals surface area contributed by atoms with Gasteiger partial charge in [-0.3, -0.25) is 9.59 Å². The molecule has 0 saturated heterocycles. The molecule has 0 aliphatic rings. The highest BCUT2D eigenvalue weighted by Gasteiger charge is 2.35. The fourth-order valence-corrected chi connectivity index (χ4v) is 4.08. The molecule has 0 bridgehead atoms. The molecule has 2 aromatic carbocycles. The lowest BCUT2D eigenvalue weighted by molar-refractivity contribution is -0.143. The fourth-order valence-electron chi connectivity index (χ4n) is 4.08. The minimum Gasteiger partial charge on any atom is -0.508 e.